The molecule has 1 fully saturated rings. The number of carboxylic acids is 1. The van der Waals surface area contributed by atoms with Crippen molar-refractivity contribution in [2.75, 3.05) is 25.4 Å². The number of hydrogen-bond donors (Lipinski definition) is 2. The van der Waals surface area contributed by atoms with E-state index < -0.39 is 5.97 Å². The lowest BCUT2D eigenvalue weighted by molar-refractivity contribution is -0.137. The molecule has 0 aromatic carbocycles. The van der Waals surface area contributed by atoms with E-state index in [-0.39, 0.29) is 12.5 Å². The van der Waals surface area contributed by atoms with E-state index in [0.29, 0.717) is 24.1 Å². The third kappa shape index (κ3) is 6.50. The van der Waals surface area contributed by atoms with Crippen LogP contribution >= 0.6 is 11.8 Å². The van der Waals surface area contributed by atoms with Crippen LogP contribution in [0, 0.1) is 5.92 Å². The van der Waals surface area contributed by atoms with E-state index in [1.54, 1.807) is 0 Å². The molecule has 6 heteroatoms. The Kier molecular flexibility index (Phi) is 7.80. The molecule has 2 atom stereocenters. The molecule has 0 aromatic heterocycles. The molecule has 0 saturated carbocycles. The van der Waals surface area contributed by atoms with Crippen LogP contribution in [0.5, 0.6) is 0 Å². The van der Waals surface area contributed by atoms with E-state index in [4.69, 9.17) is 5.11 Å². The first-order valence-electron chi connectivity index (χ1n) is 7.39. The van der Waals surface area contributed by atoms with Crippen molar-refractivity contribution >= 4 is 23.8 Å². The van der Waals surface area contributed by atoms with E-state index in [1.807, 2.05) is 23.6 Å². The van der Waals surface area contributed by atoms with Gasteiger partial charge in [-0.1, -0.05) is 13.8 Å². The fraction of sp³-hybridized carbons (Fsp3) is 0.857. The third-order valence-corrected chi connectivity index (χ3v) is 5.02. The Morgan fingerprint density at radius 1 is 1.45 bits per heavy atom. The highest BCUT2D eigenvalue weighted by Gasteiger charge is 2.22. The molecular weight excluding hydrogens is 276 g/mol. The topological polar surface area (TPSA) is 69.6 Å². The summed E-state index contributed by atoms with van der Waals surface area (Å²) in [4.78, 5) is 24.4. The molecule has 2 unspecified atom stereocenters. The maximum Gasteiger partial charge on any atom is 0.317 e. The first-order chi connectivity index (χ1) is 9.52. The lowest BCUT2D eigenvalue weighted by atomic mass is 10.0. The Labute approximate surface area is 125 Å². The van der Waals surface area contributed by atoms with E-state index in [0.717, 1.165) is 31.7 Å². The van der Waals surface area contributed by atoms with Crippen LogP contribution < -0.4 is 5.32 Å². The van der Waals surface area contributed by atoms with Crippen molar-refractivity contribution in [3.8, 4) is 0 Å². The quantitative estimate of drug-likeness (QED) is 0.758. The van der Waals surface area contributed by atoms with Gasteiger partial charge in [0.1, 0.15) is 0 Å². The zero-order chi connectivity index (χ0) is 15.0. The first kappa shape index (κ1) is 17.1. The molecule has 0 radical (unpaired) electrons. The summed E-state index contributed by atoms with van der Waals surface area (Å²) in [6, 6.07) is 0.0224. The molecule has 5 nitrogen and oxygen atoms in total. The molecular formula is C14H26N2O3S. The average molecular weight is 302 g/mol. The van der Waals surface area contributed by atoms with Crippen LogP contribution in [-0.2, 0) is 4.79 Å². The smallest absolute Gasteiger partial charge is 0.317 e. The summed E-state index contributed by atoms with van der Waals surface area (Å²) in [5.41, 5.74) is 0. The molecule has 0 spiro atoms. The lowest BCUT2D eigenvalue weighted by Crippen LogP contribution is -2.47. The van der Waals surface area contributed by atoms with E-state index in [9.17, 15) is 9.59 Å². The number of aliphatic carboxylic acids is 1. The van der Waals surface area contributed by atoms with Gasteiger partial charge in [0.15, 0.2) is 0 Å². The number of carbonyl (C=O) groups excluding carboxylic acids is 1. The number of hydrogen-bond acceptors (Lipinski definition) is 3. The fourth-order valence-corrected chi connectivity index (χ4v) is 3.38. The van der Waals surface area contributed by atoms with Gasteiger partial charge in [-0.25, -0.2) is 4.79 Å². The summed E-state index contributed by atoms with van der Waals surface area (Å²) >= 11 is 1.95. The van der Waals surface area contributed by atoms with Gasteiger partial charge in [0.25, 0.3) is 0 Å². The van der Waals surface area contributed by atoms with Gasteiger partial charge < -0.3 is 15.3 Å². The van der Waals surface area contributed by atoms with Crippen molar-refractivity contribution in [1.82, 2.24) is 10.2 Å². The highest BCUT2D eigenvalue weighted by atomic mass is 32.2. The minimum atomic E-state index is -0.752. The number of rotatable bonds is 7. The minimum Gasteiger partial charge on any atom is -0.481 e. The van der Waals surface area contributed by atoms with E-state index in [2.05, 4.69) is 12.2 Å². The van der Waals surface area contributed by atoms with E-state index in [1.165, 1.54) is 0 Å². The van der Waals surface area contributed by atoms with Gasteiger partial charge in [-0.2, -0.15) is 11.8 Å². The van der Waals surface area contributed by atoms with Gasteiger partial charge in [-0.05, 0) is 25.2 Å². The standard InChI is InChI=1S/C14H26N2O3S/c1-3-12-10-16(8-9-20-12)14(19)15-7-6-11(2)4-5-13(17)18/h11-12H,3-10H2,1-2H3,(H,15,19)(H,17,18). The summed E-state index contributed by atoms with van der Waals surface area (Å²) in [7, 11) is 0. The maximum atomic E-state index is 12.0. The normalized spacial score (nSPS) is 20.5. The predicted molar refractivity (Wildman–Crippen MR) is 82.2 cm³/mol. The molecule has 0 aromatic rings. The number of carbonyl (C=O) groups is 2. The highest BCUT2D eigenvalue weighted by molar-refractivity contribution is 8.00. The Balaban J connectivity index is 2.17. The molecule has 20 heavy (non-hydrogen) atoms. The number of carboxylic acid groups (broad SMARTS) is 1. The Morgan fingerprint density at radius 3 is 2.85 bits per heavy atom. The predicted octanol–water partition coefficient (Wildman–Crippen LogP) is 2.41. The summed E-state index contributed by atoms with van der Waals surface area (Å²) in [6.45, 7) is 6.46. The van der Waals surface area contributed by atoms with Crippen LogP contribution in [0.1, 0.15) is 39.5 Å². The first-order valence-corrected chi connectivity index (χ1v) is 8.44. The van der Waals surface area contributed by atoms with Gasteiger partial charge >= 0.3 is 12.0 Å². The van der Waals surface area contributed by atoms with Gasteiger partial charge in [0.2, 0.25) is 0 Å². The molecule has 116 valence electrons. The van der Waals surface area contributed by atoms with Crippen molar-refractivity contribution in [3.63, 3.8) is 0 Å². The molecule has 1 rings (SSSR count). The summed E-state index contributed by atoms with van der Waals surface area (Å²) < 4.78 is 0. The van der Waals surface area contributed by atoms with Gasteiger partial charge in [-0.15, -0.1) is 0 Å². The molecule has 1 aliphatic rings. The van der Waals surface area contributed by atoms with Crippen LogP contribution in [0.4, 0.5) is 4.79 Å². The largest absolute Gasteiger partial charge is 0.481 e. The molecule has 2 N–H and O–H groups in total. The SMILES string of the molecule is CCC1CN(C(=O)NCCC(C)CCC(=O)O)CCS1. The summed E-state index contributed by atoms with van der Waals surface area (Å²) in [5.74, 6) is 0.588. The van der Waals surface area contributed by atoms with Crippen molar-refractivity contribution in [1.29, 1.82) is 0 Å². The number of thioether (sulfide) groups is 1. The van der Waals surface area contributed by atoms with Gasteiger partial charge in [-0.3, -0.25) is 4.79 Å². The fourth-order valence-electron chi connectivity index (χ4n) is 2.20. The Hall–Kier alpha value is -0.910. The average Bonchev–Trinajstić information content (AvgIpc) is 2.45. The second-order valence-electron chi connectivity index (χ2n) is 5.41. The minimum absolute atomic E-state index is 0.0224. The molecule has 1 heterocycles. The number of nitrogens with one attached hydrogen (secondary N) is 1. The Bertz CT molecular complexity index is 326. The third-order valence-electron chi connectivity index (χ3n) is 3.65. The molecule has 1 saturated heterocycles. The molecule has 0 bridgehead atoms. The molecule has 0 aliphatic carbocycles. The maximum absolute atomic E-state index is 12.0. The summed E-state index contributed by atoms with van der Waals surface area (Å²) in [6.07, 6.45) is 2.81. The zero-order valence-electron chi connectivity index (χ0n) is 12.4. The second kappa shape index (κ2) is 9.10. The van der Waals surface area contributed by atoms with Crippen LogP contribution in [0.2, 0.25) is 0 Å². The van der Waals surface area contributed by atoms with Crippen LogP contribution in [0.25, 0.3) is 0 Å². The summed E-state index contributed by atoms with van der Waals surface area (Å²) in [5, 5.41) is 12.1. The lowest BCUT2D eigenvalue weighted by Gasteiger charge is -2.32. The van der Waals surface area contributed by atoms with Gasteiger partial charge in [0, 0.05) is 37.1 Å². The van der Waals surface area contributed by atoms with Crippen molar-refractivity contribution in [2.45, 2.75) is 44.8 Å². The van der Waals surface area contributed by atoms with Crippen LogP contribution in [0.3, 0.4) is 0 Å². The van der Waals surface area contributed by atoms with Crippen molar-refractivity contribution in [3.05, 3.63) is 0 Å². The molecule has 1 aliphatic heterocycles. The van der Waals surface area contributed by atoms with E-state index >= 15 is 0 Å². The van der Waals surface area contributed by atoms with Crippen molar-refractivity contribution in [2.24, 2.45) is 5.92 Å². The van der Waals surface area contributed by atoms with Crippen LogP contribution in [-0.4, -0.2) is 52.6 Å². The number of amides is 2. The zero-order valence-corrected chi connectivity index (χ0v) is 13.2. The molecule has 2 amide bonds. The highest BCUT2D eigenvalue weighted by Crippen LogP contribution is 2.20. The number of nitrogens with zero attached hydrogens (tertiary/aromatic N) is 1. The van der Waals surface area contributed by atoms with Crippen molar-refractivity contribution < 1.29 is 14.7 Å². The van der Waals surface area contributed by atoms with Crippen LogP contribution in [0.15, 0.2) is 0 Å². The monoisotopic (exact) mass is 302 g/mol. The Morgan fingerprint density at radius 2 is 2.20 bits per heavy atom. The second-order valence-corrected chi connectivity index (χ2v) is 6.81. The van der Waals surface area contributed by atoms with Gasteiger partial charge in [0.05, 0.1) is 0 Å². The number of urea groups is 1.